The van der Waals surface area contributed by atoms with E-state index in [1.165, 1.54) is 27.4 Å². The Morgan fingerprint density at radius 3 is 2.39 bits per heavy atom. The van der Waals surface area contributed by atoms with Crippen LogP contribution in [0.2, 0.25) is 0 Å². The molecule has 0 aliphatic carbocycles. The van der Waals surface area contributed by atoms with Crippen molar-refractivity contribution in [3.63, 3.8) is 0 Å². The van der Waals surface area contributed by atoms with Crippen molar-refractivity contribution in [2.24, 2.45) is 0 Å². The first-order valence-electron chi connectivity index (χ1n) is 5.11. The molecule has 0 spiro atoms. The highest BCUT2D eigenvalue weighted by Gasteiger charge is 2.39. The van der Waals surface area contributed by atoms with Crippen LogP contribution >= 0.6 is 0 Å². The molecule has 6 heteroatoms. The summed E-state index contributed by atoms with van der Waals surface area (Å²) in [6.45, 7) is 0. The molecule has 0 N–H and O–H groups in total. The fourth-order valence-corrected chi connectivity index (χ4v) is 1.94. The highest BCUT2D eigenvalue weighted by Crippen LogP contribution is 2.47. The molecule has 1 aromatic carbocycles. The quantitative estimate of drug-likeness (QED) is 0.754. The Labute approximate surface area is 104 Å². The molecule has 0 bridgehead atoms. The zero-order valence-corrected chi connectivity index (χ0v) is 10.1. The lowest BCUT2D eigenvalue weighted by atomic mass is 10.0. The van der Waals surface area contributed by atoms with Gasteiger partial charge in [0.1, 0.15) is 17.4 Å². The molecule has 1 aliphatic heterocycles. The standard InChI is InChI=1S/C12H11NO5/c1-15-6-4-7(16-2)11(17-3)9-8(5-13)18-12(14)10(6)9/h4,8H,1-3H3. The topological polar surface area (TPSA) is 77.8 Å². The van der Waals surface area contributed by atoms with Crippen molar-refractivity contribution in [1.82, 2.24) is 0 Å². The average molecular weight is 249 g/mol. The third-order valence-electron chi connectivity index (χ3n) is 2.70. The van der Waals surface area contributed by atoms with E-state index in [0.29, 0.717) is 22.8 Å². The summed E-state index contributed by atoms with van der Waals surface area (Å²) in [7, 11) is 4.32. The van der Waals surface area contributed by atoms with Crippen molar-refractivity contribution in [1.29, 1.82) is 5.26 Å². The molecule has 1 heterocycles. The van der Waals surface area contributed by atoms with Crippen LogP contribution in [-0.2, 0) is 4.74 Å². The minimum Gasteiger partial charge on any atom is -0.496 e. The number of esters is 1. The largest absolute Gasteiger partial charge is 0.496 e. The van der Waals surface area contributed by atoms with E-state index in [1.807, 2.05) is 6.07 Å². The highest BCUT2D eigenvalue weighted by molar-refractivity contribution is 5.99. The van der Waals surface area contributed by atoms with E-state index in [4.69, 9.17) is 24.2 Å². The second kappa shape index (κ2) is 4.45. The molecule has 1 atom stereocenters. The number of hydrogen-bond acceptors (Lipinski definition) is 6. The van der Waals surface area contributed by atoms with Gasteiger partial charge >= 0.3 is 5.97 Å². The number of methoxy groups -OCH3 is 3. The molecule has 1 unspecified atom stereocenters. The van der Waals surface area contributed by atoms with E-state index < -0.39 is 12.1 Å². The Balaban J connectivity index is 2.78. The SMILES string of the molecule is COc1cc(OC)c2c(c1OC)C(C#N)OC2=O. The summed E-state index contributed by atoms with van der Waals surface area (Å²) in [6, 6.07) is 3.42. The lowest BCUT2D eigenvalue weighted by Crippen LogP contribution is -2.02. The van der Waals surface area contributed by atoms with Crippen LogP contribution < -0.4 is 14.2 Å². The molecular formula is C12H11NO5. The third-order valence-corrected chi connectivity index (χ3v) is 2.70. The predicted octanol–water partition coefficient (Wildman–Crippen LogP) is 1.45. The van der Waals surface area contributed by atoms with Crippen molar-refractivity contribution >= 4 is 5.97 Å². The second-order valence-electron chi connectivity index (χ2n) is 3.52. The van der Waals surface area contributed by atoms with Crippen LogP contribution in [0.3, 0.4) is 0 Å². The van der Waals surface area contributed by atoms with Crippen molar-refractivity contribution in [2.45, 2.75) is 6.10 Å². The van der Waals surface area contributed by atoms with Crippen molar-refractivity contribution in [3.8, 4) is 23.3 Å². The molecular weight excluding hydrogens is 238 g/mol. The maximum Gasteiger partial charge on any atom is 0.344 e. The van der Waals surface area contributed by atoms with Gasteiger partial charge in [-0.3, -0.25) is 0 Å². The first-order valence-corrected chi connectivity index (χ1v) is 5.11. The van der Waals surface area contributed by atoms with Gasteiger partial charge in [0.25, 0.3) is 0 Å². The van der Waals surface area contributed by atoms with Gasteiger partial charge in [-0.2, -0.15) is 5.26 Å². The van der Waals surface area contributed by atoms with Crippen molar-refractivity contribution < 1.29 is 23.7 Å². The Kier molecular flexibility index (Phi) is 2.98. The summed E-state index contributed by atoms with van der Waals surface area (Å²) in [5.41, 5.74) is 0.558. The molecule has 0 radical (unpaired) electrons. The fraction of sp³-hybridized carbons (Fsp3) is 0.333. The summed E-state index contributed by atoms with van der Waals surface area (Å²) < 4.78 is 20.4. The van der Waals surface area contributed by atoms with Crippen LogP contribution in [0, 0.1) is 11.3 Å². The van der Waals surface area contributed by atoms with Gasteiger partial charge in [0, 0.05) is 6.07 Å². The van der Waals surface area contributed by atoms with Gasteiger partial charge in [0.15, 0.2) is 11.5 Å². The molecule has 6 nitrogen and oxygen atoms in total. The Morgan fingerprint density at radius 1 is 1.22 bits per heavy atom. The summed E-state index contributed by atoms with van der Waals surface area (Å²) in [4.78, 5) is 11.7. The third kappa shape index (κ3) is 1.52. The van der Waals surface area contributed by atoms with Gasteiger partial charge in [0.05, 0.1) is 26.9 Å². The predicted molar refractivity (Wildman–Crippen MR) is 59.9 cm³/mol. The van der Waals surface area contributed by atoms with Crippen molar-refractivity contribution in [3.05, 3.63) is 17.2 Å². The summed E-state index contributed by atoms with van der Waals surface area (Å²) in [6.07, 6.45) is -1.01. The number of carbonyl (C=O) groups excluding carboxylic acids is 1. The van der Waals surface area contributed by atoms with E-state index in [0.717, 1.165) is 0 Å². The molecule has 2 rings (SSSR count). The molecule has 0 saturated heterocycles. The lowest BCUT2D eigenvalue weighted by molar-refractivity contribution is 0.0474. The van der Waals surface area contributed by atoms with Gasteiger partial charge < -0.3 is 18.9 Å². The number of benzene rings is 1. The number of rotatable bonds is 3. The molecule has 18 heavy (non-hydrogen) atoms. The lowest BCUT2D eigenvalue weighted by Gasteiger charge is -2.14. The molecule has 94 valence electrons. The minimum atomic E-state index is -1.01. The zero-order chi connectivity index (χ0) is 13.3. The molecule has 1 aromatic rings. The van der Waals surface area contributed by atoms with Crippen LogP contribution in [0.15, 0.2) is 6.07 Å². The summed E-state index contributed by atoms with van der Waals surface area (Å²) >= 11 is 0. The molecule has 0 aromatic heterocycles. The molecule has 0 saturated carbocycles. The van der Waals surface area contributed by atoms with E-state index in [2.05, 4.69) is 0 Å². The number of nitriles is 1. The van der Waals surface area contributed by atoms with Crippen LogP contribution in [0.5, 0.6) is 17.2 Å². The van der Waals surface area contributed by atoms with E-state index in [-0.39, 0.29) is 5.56 Å². The smallest absolute Gasteiger partial charge is 0.344 e. The number of carbonyl (C=O) groups is 1. The normalized spacial score (nSPS) is 16.6. The minimum absolute atomic E-state index is 0.210. The first kappa shape index (κ1) is 12.0. The maximum atomic E-state index is 11.7. The van der Waals surface area contributed by atoms with E-state index in [9.17, 15) is 4.79 Å². The number of fused-ring (bicyclic) bond motifs is 1. The van der Waals surface area contributed by atoms with Gasteiger partial charge in [0.2, 0.25) is 6.10 Å². The van der Waals surface area contributed by atoms with Crippen molar-refractivity contribution in [2.75, 3.05) is 21.3 Å². The van der Waals surface area contributed by atoms with E-state index in [1.54, 1.807) is 0 Å². The number of hydrogen-bond donors (Lipinski definition) is 0. The molecule has 0 fully saturated rings. The monoisotopic (exact) mass is 249 g/mol. The van der Waals surface area contributed by atoms with Gasteiger partial charge in [-0.1, -0.05) is 0 Å². The number of ether oxygens (including phenoxy) is 4. The molecule has 0 amide bonds. The summed E-state index contributed by atoms with van der Waals surface area (Å²) in [5.74, 6) is 0.386. The zero-order valence-electron chi connectivity index (χ0n) is 10.1. The van der Waals surface area contributed by atoms with Crippen LogP contribution in [0.4, 0.5) is 0 Å². The van der Waals surface area contributed by atoms with Crippen LogP contribution in [0.25, 0.3) is 0 Å². The van der Waals surface area contributed by atoms with Gasteiger partial charge in [-0.25, -0.2) is 4.79 Å². The van der Waals surface area contributed by atoms with E-state index >= 15 is 0 Å². The maximum absolute atomic E-state index is 11.7. The number of cyclic esters (lactones) is 1. The van der Waals surface area contributed by atoms with Crippen LogP contribution in [-0.4, -0.2) is 27.3 Å². The van der Waals surface area contributed by atoms with Gasteiger partial charge in [-0.05, 0) is 0 Å². The second-order valence-corrected chi connectivity index (χ2v) is 3.52. The average Bonchev–Trinajstić information content (AvgIpc) is 2.74. The summed E-state index contributed by atoms with van der Waals surface area (Å²) in [5, 5.41) is 9.01. The Bertz CT molecular complexity index is 546. The molecule has 1 aliphatic rings. The fourth-order valence-electron chi connectivity index (χ4n) is 1.94. The van der Waals surface area contributed by atoms with Gasteiger partial charge in [-0.15, -0.1) is 0 Å². The Hall–Kier alpha value is -2.42. The van der Waals surface area contributed by atoms with Crippen LogP contribution in [0.1, 0.15) is 22.0 Å². The highest BCUT2D eigenvalue weighted by atomic mass is 16.6. The first-order chi connectivity index (χ1) is 8.67. The Morgan fingerprint density at radius 2 is 1.89 bits per heavy atom. The number of nitrogens with zero attached hydrogens (tertiary/aromatic N) is 1.